The topological polar surface area (TPSA) is 39.1 Å². The first kappa shape index (κ1) is 13.9. The van der Waals surface area contributed by atoms with Crippen molar-refractivity contribution in [3.63, 3.8) is 0 Å². The van der Waals surface area contributed by atoms with Gasteiger partial charge < -0.3 is 10.2 Å². The third-order valence-corrected chi connectivity index (χ3v) is 4.61. The van der Waals surface area contributed by atoms with E-state index in [1.807, 2.05) is 30.3 Å². The minimum absolute atomic E-state index is 0.507. The summed E-state index contributed by atoms with van der Waals surface area (Å²) in [6.45, 7) is 3.41. The van der Waals surface area contributed by atoms with Gasteiger partial charge in [-0.3, -0.25) is 0 Å². The molecule has 3 heteroatoms. The van der Waals surface area contributed by atoms with Gasteiger partial charge in [0.2, 0.25) is 0 Å². The molecule has 0 spiro atoms. The van der Waals surface area contributed by atoms with Gasteiger partial charge in [0.15, 0.2) is 0 Å². The Hall–Kier alpha value is -2.05. The summed E-state index contributed by atoms with van der Waals surface area (Å²) in [5.74, 6) is 0. The van der Waals surface area contributed by atoms with E-state index in [4.69, 9.17) is 0 Å². The lowest BCUT2D eigenvalue weighted by molar-refractivity contribution is 0.190. The van der Waals surface area contributed by atoms with Crippen LogP contribution < -0.4 is 5.32 Å². The van der Waals surface area contributed by atoms with Gasteiger partial charge in [0.05, 0.1) is 11.6 Å². The Bertz CT molecular complexity index is 686. The van der Waals surface area contributed by atoms with Crippen molar-refractivity contribution in [2.45, 2.75) is 31.8 Å². The Labute approximate surface area is 126 Å². The van der Waals surface area contributed by atoms with Crippen LogP contribution in [0.3, 0.4) is 0 Å². The van der Waals surface area contributed by atoms with Crippen LogP contribution >= 0.6 is 0 Å². The van der Waals surface area contributed by atoms with Crippen molar-refractivity contribution in [1.29, 1.82) is 5.26 Å². The van der Waals surface area contributed by atoms with Crippen molar-refractivity contribution >= 4 is 16.5 Å². The predicted octanol–water partition coefficient (Wildman–Crippen LogP) is 3.61. The van der Waals surface area contributed by atoms with Crippen LogP contribution in [0.25, 0.3) is 10.8 Å². The van der Waals surface area contributed by atoms with Crippen molar-refractivity contribution < 1.29 is 0 Å². The van der Waals surface area contributed by atoms with Gasteiger partial charge in [-0.05, 0) is 38.9 Å². The average molecular weight is 279 g/mol. The molecule has 0 radical (unpaired) electrons. The van der Waals surface area contributed by atoms with E-state index in [1.54, 1.807) is 0 Å². The van der Waals surface area contributed by atoms with E-state index < -0.39 is 0 Å². The van der Waals surface area contributed by atoms with E-state index in [-0.39, 0.29) is 0 Å². The molecule has 0 amide bonds. The number of nitrogens with zero attached hydrogens (tertiary/aromatic N) is 2. The van der Waals surface area contributed by atoms with Crippen LogP contribution in [0.1, 0.15) is 25.3 Å². The van der Waals surface area contributed by atoms with Gasteiger partial charge in [-0.15, -0.1) is 0 Å². The minimum atomic E-state index is 0.507. The molecule has 3 rings (SSSR count). The van der Waals surface area contributed by atoms with Gasteiger partial charge in [-0.25, -0.2) is 0 Å². The zero-order valence-corrected chi connectivity index (χ0v) is 12.6. The number of benzene rings is 2. The minimum Gasteiger partial charge on any atom is -0.382 e. The second kappa shape index (κ2) is 5.75. The monoisotopic (exact) mass is 279 g/mol. The maximum atomic E-state index is 9.24. The first-order valence-corrected chi connectivity index (χ1v) is 7.57. The van der Waals surface area contributed by atoms with Crippen LogP contribution in [0.4, 0.5) is 5.69 Å². The summed E-state index contributed by atoms with van der Waals surface area (Å²) in [6, 6.07) is 15.5. The van der Waals surface area contributed by atoms with Crippen LogP contribution in [0, 0.1) is 11.3 Å². The van der Waals surface area contributed by atoms with Crippen LogP contribution in [0.15, 0.2) is 36.4 Å². The normalized spacial score (nSPS) is 22.9. The fraction of sp³-hybridized carbons (Fsp3) is 0.389. The van der Waals surface area contributed by atoms with Crippen molar-refractivity contribution in [1.82, 2.24) is 4.90 Å². The molecule has 1 aliphatic rings. The maximum Gasteiger partial charge on any atom is 0.0998 e. The zero-order chi connectivity index (χ0) is 14.8. The van der Waals surface area contributed by atoms with Crippen molar-refractivity contribution in [2.24, 2.45) is 0 Å². The molecule has 0 bridgehead atoms. The molecule has 3 nitrogen and oxygen atoms in total. The van der Waals surface area contributed by atoms with Crippen LogP contribution in [0.2, 0.25) is 0 Å². The fourth-order valence-electron chi connectivity index (χ4n) is 3.16. The maximum absolute atomic E-state index is 9.24. The lowest BCUT2D eigenvalue weighted by Crippen LogP contribution is -2.42. The van der Waals surface area contributed by atoms with Gasteiger partial charge >= 0.3 is 0 Å². The molecular weight excluding hydrogens is 258 g/mol. The summed E-state index contributed by atoms with van der Waals surface area (Å²) in [6.07, 6.45) is 2.32. The van der Waals surface area contributed by atoms with Gasteiger partial charge in [0.25, 0.3) is 0 Å². The van der Waals surface area contributed by atoms with Crippen LogP contribution in [0.5, 0.6) is 0 Å². The SMILES string of the molecule is CC1CC(Nc2ccc(C#N)c3ccccc23)CCN1C. The third kappa shape index (κ3) is 2.72. The lowest BCUT2D eigenvalue weighted by Gasteiger charge is -2.36. The van der Waals surface area contributed by atoms with Crippen molar-refractivity contribution in [2.75, 3.05) is 18.9 Å². The number of nitrogens with one attached hydrogen (secondary N) is 1. The lowest BCUT2D eigenvalue weighted by atomic mass is 9.97. The molecule has 2 aromatic rings. The van der Waals surface area contributed by atoms with E-state index in [9.17, 15) is 5.26 Å². The number of fused-ring (bicyclic) bond motifs is 1. The van der Waals surface area contributed by atoms with E-state index in [2.05, 4.69) is 36.3 Å². The highest BCUT2D eigenvalue weighted by molar-refractivity contribution is 5.97. The number of rotatable bonds is 2. The van der Waals surface area contributed by atoms with Gasteiger partial charge in [0, 0.05) is 35.1 Å². The molecule has 2 aromatic carbocycles. The largest absolute Gasteiger partial charge is 0.382 e. The Kier molecular flexibility index (Phi) is 3.81. The summed E-state index contributed by atoms with van der Waals surface area (Å²) in [7, 11) is 2.19. The summed E-state index contributed by atoms with van der Waals surface area (Å²) < 4.78 is 0. The molecule has 1 fully saturated rings. The third-order valence-electron chi connectivity index (χ3n) is 4.61. The first-order chi connectivity index (χ1) is 10.2. The summed E-state index contributed by atoms with van der Waals surface area (Å²) in [5, 5.41) is 15.1. The highest BCUT2D eigenvalue weighted by atomic mass is 15.1. The molecular formula is C18H21N3. The smallest absolute Gasteiger partial charge is 0.0998 e. The fourth-order valence-corrected chi connectivity index (χ4v) is 3.16. The van der Waals surface area contributed by atoms with E-state index in [1.165, 1.54) is 0 Å². The molecule has 1 aliphatic heterocycles. The Morgan fingerprint density at radius 1 is 1.19 bits per heavy atom. The first-order valence-electron chi connectivity index (χ1n) is 7.57. The highest BCUT2D eigenvalue weighted by Gasteiger charge is 2.23. The second-order valence-corrected chi connectivity index (χ2v) is 6.01. The van der Waals surface area contributed by atoms with Crippen molar-refractivity contribution in [3.05, 3.63) is 42.0 Å². The summed E-state index contributed by atoms with van der Waals surface area (Å²) in [4.78, 5) is 2.41. The van der Waals surface area contributed by atoms with E-state index in [0.717, 1.165) is 41.4 Å². The number of nitriles is 1. The summed E-state index contributed by atoms with van der Waals surface area (Å²) in [5.41, 5.74) is 1.89. The zero-order valence-electron chi connectivity index (χ0n) is 12.6. The second-order valence-electron chi connectivity index (χ2n) is 6.01. The molecule has 1 heterocycles. The van der Waals surface area contributed by atoms with Crippen molar-refractivity contribution in [3.8, 4) is 6.07 Å². The number of hydrogen-bond donors (Lipinski definition) is 1. The quantitative estimate of drug-likeness (QED) is 0.912. The molecule has 0 saturated carbocycles. The van der Waals surface area contributed by atoms with Gasteiger partial charge in [0.1, 0.15) is 0 Å². The Balaban J connectivity index is 1.90. The summed E-state index contributed by atoms with van der Waals surface area (Å²) >= 11 is 0. The number of piperidine rings is 1. The Morgan fingerprint density at radius 3 is 2.67 bits per heavy atom. The molecule has 21 heavy (non-hydrogen) atoms. The number of anilines is 1. The molecule has 2 atom stereocenters. The van der Waals surface area contributed by atoms with Crippen LogP contribution in [-0.4, -0.2) is 30.6 Å². The van der Waals surface area contributed by atoms with E-state index >= 15 is 0 Å². The van der Waals surface area contributed by atoms with Crippen LogP contribution in [-0.2, 0) is 0 Å². The molecule has 0 aliphatic carbocycles. The highest BCUT2D eigenvalue weighted by Crippen LogP contribution is 2.28. The van der Waals surface area contributed by atoms with Gasteiger partial charge in [-0.2, -0.15) is 5.26 Å². The molecule has 1 saturated heterocycles. The molecule has 108 valence electrons. The number of likely N-dealkylation sites (tertiary alicyclic amines) is 1. The van der Waals surface area contributed by atoms with Gasteiger partial charge in [-0.1, -0.05) is 24.3 Å². The molecule has 2 unspecified atom stereocenters. The molecule has 1 N–H and O–H groups in total. The standard InChI is InChI=1S/C18H21N3/c1-13-11-15(9-10-21(13)2)20-18-8-7-14(12-19)16-5-3-4-6-17(16)18/h3-8,13,15,20H,9-11H2,1-2H3. The predicted molar refractivity (Wildman–Crippen MR) is 87.4 cm³/mol. The molecule has 0 aromatic heterocycles. The average Bonchev–Trinajstić information content (AvgIpc) is 2.51. The number of hydrogen-bond acceptors (Lipinski definition) is 3. The van der Waals surface area contributed by atoms with E-state index in [0.29, 0.717) is 12.1 Å². The Morgan fingerprint density at radius 2 is 1.95 bits per heavy atom.